The number of hydrogen-bond donors (Lipinski definition) is 1. The Labute approximate surface area is 118 Å². The summed E-state index contributed by atoms with van der Waals surface area (Å²) >= 11 is 5.86. The van der Waals surface area contributed by atoms with Crippen LogP contribution in [-0.2, 0) is 4.74 Å². The number of likely N-dealkylation sites (tertiary alicyclic amines) is 1. The van der Waals surface area contributed by atoms with Crippen molar-refractivity contribution in [1.29, 1.82) is 0 Å². The van der Waals surface area contributed by atoms with E-state index in [0.717, 1.165) is 30.1 Å². The zero-order valence-corrected chi connectivity index (χ0v) is 11.8. The molecule has 0 radical (unpaired) electrons. The molecule has 2 rings (SSSR count). The quantitative estimate of drug-likeness (QED) is 0.924. The number of piperidine rings is 1. The molecule has 5 heteroatoms. The van der Waals surface area contributed by atoms with Gasteiger partial charge < -0.3 is 15.0 Å². The molecule has 0 aliphatic carbocycles. The summed E-state index contributed by atoms with van der Waals surface area (Å²) in [5, 5.41) is 4.15. The molecule has 1 aliphatic rings. The number of carbonyl (C=O) groups is 1. The molecule has 1 atom stereocenters. The minimum absolute atomic E-state index is 0.217. The lowest BCUT2D eigenvalue weighted by Crippen LogP contribution is -2.45. The van der Waals surface area contributed by atoms with Crippen LogP contribution in [0.5, 0.6) is 0 Å². The summed E-state index contributed by atoms with van der Waals surface area (Å²) in [7, 11) is 0. The fourth-order valence-corrected chi connectivity index (χ4v) is 2.38. The highest BCUT2D eigenvalue weighted by Crippen LogP contribution is 2.18. The van der Waals surface area contributed by atoms with Crippen LogP contribution in [0.25, 0.3) is 0 Å². The summed E-state index contributed by atoms with van der Waals surface area (Å²) in [6.45, 7) is 3.70. The molecular weight excluding hydrogens is 264 g/mol. The van der Waals surface area contributed by atoms with Gasteiger partial charge in [-0.05, 0) is 44.0 Å². The molecule has 1 aromatic carbocycles. The predicted octanol–water partition coefficient (Wildman–Crippen LogP) is 3.37. The molecule has 1 saturated heterocycles. The first-order valence-electron chi connectivity index (χ1n) is 6.63. The van der Waals surface area contributed by atoms with Crippen molar-refractivity contribution in [3.8, 4) is 0 Å². The van der Waals surface area contributed by atoms with Crippen LogP contribution in [0.3, 0.4) is 0 Å². The van der Waals surface area contributed by atoms with Gasteiger partial charge in [-0.2, -0.15) is 0 Å². The van der Waals surface area contributed by atoms with Crippen molar-refractivity contribution in [3.63, 3.8) is 0 Å². The van der Waals surface area contributed by atoms with E-state index >= 15 is 0 Å². The molecule has 104 valence electrons. The van der Waals surface area contributed by atoms with Gasteiger partial charge in [0.15, 0.2) is 0 Å². The number of carbonyl (C=O) groups excluding carboxylic acids is 1. The van der Waals surface area contributed by atoms with Crippen LogP contribution in [0.1, 0.15) is 19.8 Å². The molecule has 4 nitrogen and oxygen atoms in total. The first-order valence-corrected chi connectivity index (χ1v) is 7.00. The van der Waals surface area contributed by atoms with Crippen LogP contribution in [0, 0.1) is 0 Å². The van der Waals surface area contributed by atoms with E-state index in [9.17, 15) is 4.79 Å². The number of nitrogens with one attached hydrogen (secondary N) is 1. The van der Waals surface area contributed by atoms with Gasteiger partial charge in [-0.25, -0.2) is 4.79 Å². The summed E-state index contributed by atoms with van der Waals surface area (Å²) < 4.78 is 5.04. The molecule has 1 N–H and O–H groups in total. The van der Waals surface area contributed by atoms with E-state index in [2.05, 4.69) is 5.32 Å². The molecule has 1 fully saturated rings. The summed E-state index contributed by atoms with van der Waals surface area (Å²) in [6, 6.07) is 7.88. The van der Waals surface area contributed by atoms with Crippen molar-refractivity contribution in [3.05, 3.63) is 29.3 Å². The van der Waals surface area contributed by atoms with E-state index in [1.165, 1.54) is 0 Å². The average Bonchev–Trinajstić information content (AvgIpc) is 2.42. The van der Waals surface area contributed by atoms with Gasteiger partial charge in [-0.1, -0.05) is 11.6 Å². The fraction of sp³-hybridized carbons (Fsp3) is 0.500. The van der Waals surface area contributed by atoms with Crippen molar-refractivity contribution in [2.75, 3.05) is 25.0 Å². The highest BCUT2D eigenvalue weighted by Gasteiger charge is 2.24. The van der Waals surface area contributed by atoms with Gasteiger partial charge in [-0.15, -0.1) is 0 Å². The lowest BCUT2D eigenvalue weighted by Gasteiger charge is -2.32. The van der Waals surface area contributed by atoms with Gasteiger partial charge in [0.2, 0.25) is 0 Å². The predicted molar refractivity (Wildman–Crippen MR) is 76.7 cm³/mol. The molecule has 0 aromatic heterocycles. The third-order valence-corrected chi connectivity index (χ3v) is 3.41. The topological polar surface area (TPSA) is 41.6 Å². The Morgan fingerprint density at radius 3 is 2.89 bits per heavy atom. The van der Waals surface area contributed by atoms with Crippen molar-refractivity contribution in [2.45, 2.75) is 25.8 Å². The van der Waals surface area contributed by atoms with Gasteiger partial charge in [0.05, 0.1) is 6.61 Å². The standard InChI is InChI=1S/C14H19ClN2O2/c1-2-19-14(18)17-9-3-4-13(10-17)16-12-7-5-11(15)6-8-12/h5-8,13,16H,2-4,9-10H2,1H3. The second kappa shape index (κ2) is 6.66. The van der Waals surface area contributed by atoms with Crippen LogP contribution in [-0.4, -0.2) is 36.7 Å². The minimum atomic E-state index is -0.217. The minimum Gasteiger partial charge on any atom is -0.450 e. The van der Waals surface area contributed by atoms with Crippen LogP contribution < -0.4 is 5.32 Å². The Bertz CT molecular complexity index is 422. The van der Waals surface area contributed by atoms with Crippen molar-refractivity contribution >= 4 is 23.4 Å². The van der Waals surface area contributed by atoms with E-state index in [1.54, 1.807) is 4.90 Å². The van der Waals surface area contributed by atoms with Crippen LogP contribution in [0.2, 0.25) is 5.02 Å². The Balaban J connectivity index is 1.90. The third kappa shape index (κ3) is 4.03. The molecule has 19 heavy (non-hydrogen) atoms. The summed E-state index contributed by atoms with van der Waals surface area (Å²) in [5.41, 5.74) is 1.03. The van der Waals surface area contributed by atoms with E-state index < -0.39 is 0 Å². The fourth-order valence-electron chi connectivity index (χ4n) is 2.26. The zero-order chi connectivity index (χ0) is 13.7. The second-order valence-corrected chi connectivity index (χ2v) is 5.07. The Morgan fingerprint density at radius 2 is 2.21 bits per heavy atom. The van der Waals surface area contributed by atoms with Gasteiger partial charge in [-0.3, -0.25) is 0 Å². The maximum Gasteiger partial charge on any atom is 0.409 e. The maximum atomic E-state index is 11.7. The monoisotopic (exact) mass is 282 g/mol. The molecule has 1 aliphatic heterocycles. The van der Waals surface area contributed by atoms with Crippen LogP contribution in [0.15, 0.2) is 24.3 Å². The molecule has 0 spiro atoms. The molecule has 1 unspecified atom stereocenters. The molecule has 0 bridgehead atoms. The number of rotatable bonds is 3. The lowest BCUT2D eigenvalue weighted by atomic mass is 10.1. The normalized spacial score (nSPS) is 19.1. The summed E-state index contributed by atoms with van der Waals surface area (Å²) in [6.07, 6.45) is 1.83. The smallest absolute Gasteiger partial charge is 0.409 e. The van der Waals surface area contributed by atoms with Gasteiger partial charge >= 0.3 is 6.09 Å². The number of amides is 1. The molecule has 0 saturated carbocycles. The second-order valence-electron chi connectivity index (χ2n) is 4.64. The molecule has 1 amide bonds. The largest absolute Gasteiger partial charge is 0.450 e. The summed E-state index contributed by atoms with van der Waals surface area (Å²) in [5.74, 6) is 0. The Hall–Kier alpha value is -1.42. The summed E-state index contributed by atoms with van der Waals surface area (Å²) in [4.78, 5) is 13.5. The van der Waals surface area contributed by atoms with Crippen molar-refractivity contribution in [2.24, 2.45) is 0 Å². The maximum absolute atomic E-state index is 11.7. The molecular formula is C14H19ClN2O2. The number of ether oxygens (including phenoxy) is 1. The van der Waals surface area contributed by atoms with Crippen molar-refractivity contribution < 1.29 is 9.53 Å². The van der Waals surface area contributed by atoms with Gasteiger partial charge in [0.25, 0.3) is 0 Å². The van der Waals surface area contributed by atoms with E-state index in [1.807, 2.05) is 31.2 Å². The van der Waals surface area contributed by atoms with Gasteiger partial charge in [0, 0.05) is 29.8 Å². The first-order chi connectivity index (χ1) is 9.19. The number of benzene rings is 1. The van der Waals surface area contributed by atoms with Crippen LogP contribution in [0.4, 0.5) is 10.5 Å². The van der Waals surface area contributed by atoms with E-state index in [-0.39, 0.29) is 12.1 Å². The SMILES string of the molecule is CCOC(=O)N1CCCC(Nc2ccc(Cl)cc2)C1. The van der Waals surface area contributed by atoms with Crippen molar-refractivity contribution in [1.82, 2.24) is 4.90 Å². The number of halogens is 1. The Morgan fingerprint density at radius 1 is 1.47 bits per heavy atom. The molecule has 1 heterocycles. The number of nitrogens with zero attached hydrogens (tertiary/aromatic N) is 1. The lowest BCUT2D eigenvalue weighted by molar-refractivity contribution is 0.0976. The third-order valence-electron chi connectivity index (χ3n) is 3.16. The van der Waals surface area contributed by atoms with E-state index in [0.29, 0.717) is 13.2 Å². The highest BCUT2D eigenvalue weighted by atomic mass is 35.5. The average molecular weight is 283 g/mol. The van der Waals surface area contributed by atoms with E-state index in [4.69, 9.17) is 16.3 Å². The molecule has 1 aromatic rings. The highest BCUT2D eigenvalue weighted by molar-refractivity contribution is 6.30. The first kappa shape index (κ1) is 14.0. The number of hydrogen-bond acceptors (Lipinski definition) is 3. The zero-order valence-electron chi connectivity index (χ0n) is 11.1. The Kier molecular flexibility index (Phi) is 4.91. The van der Waals surface area contributed by atoms with Gasteiger partial charge in [0.1, 0.15) is 0 Å². The number of anilines is 1. The van der Waals surface area contributed by atoms with Crippen LogP contribution >= 0.6 is 11.6 Å².